The number of aryl methyl sites for hydroxylation is 1. The quantitative estimate of drug-likeness (QED) is 0.854. The number of carboxylic acids is 1. The summed E-state index contributed by atoms with van der Waals surface area (Å²) in [7, 11) is 0. The standard InChI is InChI=1S/C17H17NO3/c19-16(12-6-9-13-7-2-1-3-8-13)18-15-11-5-4-10-14(15)17(20)21/h1-5,7-8,10-11H,6,9,12H2,(H,18,19)(H,20,21). The minimum Gasteiger partial charge on any atom is -0.478 e. The fourth-order valence-electron chi connectivity index (χ4n) is 2.09. The van der Waals surface area contributed by atoms with E-state index in [4.69, 9.17) is 5.11 Å². The van der Waals surface area contributed by atoms with Crippen LogP contribution in [-0.4, -0.2) is 17.0 Å². The number of hydrogen-bond acceptors (Lipinski definition) is 2. The molecule has 0 aliphatic carbocycles. The largest absolute Gasteiger partial charge is 0.478 e. The molecule has 0 heterocycles. The van der Waals surface area contributed by atoms with Crippen molar-refractivity contribution in [2.24, 2.45) is 0 Å². The molecule has 2 aromatic rings. The Morgan fingerprint density at radius 2 is 1.62 bits per heavy atom. The number of carboxylic acid groups (broad SMARTS) is 1. The average molecular weight is 283 g/mol. The van der Waals surface area contributed by atoms with Gasteiger partial charge in [-0.25, -0.2) is 4.79 Å². The van der Waals surface area contributed by atoms with Crippen molar-refractivity contribution in [1.29, 1.82) is 0 Å². The fraction of sp³-hybridized carbons (Fsp3) is 0.176. The molecule has 0 radical (unpaired) electrons. The minimum atomic E-state index is -1.05. The lowest BCUT2D eigenvalue weighted by Crippen LogP contribution is -2.14. The molecule has 4 heteroatoms. The second-order valence-electron chi connectivity index (χ2n) is 4.74. The molecule has 0 spiro atoms. The van der Waals surface area contributed by atoms with Crippen LogP contribution in [0.15, 0.2) is 54.6 Å². The van der Waals surface area contributed by atoms with Crippen LogP contribution in [0.25, 0.3) is 0 Å². The van der Waals surface area contributed by atoms with E-state index in [0.717, 1.165) is 12.8 Å². The van der Waals surface area contributed by atoms with Gasteiger partial charge in [-0.1, -0.05) is 42.5 Å². The van der Waals surface area contributed by atoms with E-state index in [2.05, 4.69) is 5.32 Å². The molecule has 2 rings (SSSR count). The van der Waals surface area contributed by atoms with Gasteiger partial charge in [0.05, 0.1) is 11.3 Å². The first-order chi connectivity index (χ1) is 10.2. The highest BCUT2D eigenvalue weighted by atomic mass is 16.4. The van der Waals surface area contributed by atoms with Gasteiger partial charge in [0.2, 0.25) is 5.91 Å². The lowest BCUT2D eigenvalue weighted by atomic mass is 10.1. The molecule has 0 fully saturated rings. The Morgan fingerprint density at radius 1 is 0.952 bits per heavy atom. The van der Waals surface area contributed by atoms with Crippen LogP contribution in [0, 0.1) is 0 Å². The molecule has 0 aliphatic heterocycles. The van der Waals surface area contributed by atoms with E-state index in [9.17, 15) is 9.59 Å². The van der Waals surface area contributed by atoms with Crippen molar-refractivity contribution in [3.63, 3.8) is 0 Å². The summed E-state index contributed by atoms with van der Waals surface area (Å²) in [4.78, 5) is 22.9. The smallest absolute Gasteiger partial charge is 0.337 e. The molecule has 0 unspecified atom stereocenters. The molecule has 21 heavy (non-hydrogen) atoms. The molecular formula is C17H17NO3. The summed E-state index contributed by atoms with van der Waals surface area (Å²) >= 11 is 0. The Morgan fingerprint density at radius 3 is 2.33 bits per heavy atom. The minimum absolute atomic E-state index is 0.105. The molecule has 2 aromatic carbocycles. The van der Waals surface area contributed by atoms with Gasteiger partial charge < -0.3 is 10.4 Å². The monoisotopic (exact) mass is 283 g/mol. The number of nitrogens with one attached hydrogen (secondary N) is 1. The molecule has 108 valence electrons. The lowest BCUT2D eigenvalue weighted by molar-refractivity contribution is -0.116. The SMILES string of the molecule is O=C(CCCc1ccccc1)Nc1ccccc1C(=O)O. The van der Waals surface area contributed by atoms with Crippen LogP contribution in [-0.2, 0) is 11.2 Å². The number of para-hydroxylation sites is 1. The van der Waals surface area contributed by atoms with Crippen LogP contribution in [0.2, 0.25) is 0 Å². The summed E-state index contributed by atoms with van der Waals surface area (Å²) in [5.74, 6) is -1.21. The number of amides is 1. The number of aromatic carboxylic acids is 1. The van der Waals surface area contributed by atoms with Crippen LogP contribution in [0.5, 0.6) is 0 Å². The summed E-state index contributed by atoms with van der Waals surface area (Å²) in [6.45, 7) is 0. The highest BCUT2D eigenvalue weighted by Gasteiger charge is 2.11. The Hall–Kier alpha value is -2.62. The van der Waals surface area contributed by atoms with Crippen molar-refractivity contribution in [1.82, 2.24) is 0 Å². The van der Waals surface area contributed by atoms with Gasteiger partial charge >= 0.3 is 5.97 Å². The van der Waals surface area contributed by atoms with Crippen molar-refractivity contribution in [2.75, 3.05) is 5.32 Å². The Labute approximate surface area is 123 Å². The normalized spacial score (nSPS) is 10.1. The maximum Gasteiger partial charge on any atom is 0.337 e. The van der Waals surface area contributed by atoms with Gasteiger partial charge in [0.1, 0.15) is 0 Å². The second-order valence-corrected chi connectivity index (χ2v) is 4.74. The average Bonchev–Trinajstić information content (AvgIpc) is 2.48. The van der Waals surface area contributed by atoms with Crippen molar-refractivity contribution in [2.45, 2.75) is 19.3 Å². The molecule has 1 amide bonds. The van der Waals surface area contributed by atoms with Crippen LogP contribution in [0.3, 0.4) is 0 Å². The van der Waals surface area contributed by atoms with E-state index >= 15 is 0 Å². The first-order valence-electron chi connectivity index (χ1n) is 6.83. The lowest BCUT2D eigenvalue weighted by Gasteiger charge is -2.08. The zero-order chi connectivity index (χ0) is 15.1. The van der Waals surface area contributed by atoms with Gasteiger partial charge in [-0.2, -0.15) is 0 Å². The Bertz CT molecular complexity index is 623. The van der Waals surface area contributed by atoms with Crippen LogP contribution in [0.4, 0.5) is 5.69 Å². The number of benzene rings is 2. The maximum absolute atomic E-state index is 11.9. The van der Waals surface area contributed by atoms with Crippen molar-refractivity contribution < 1.29 is 14.7 Å². The van der Waals surface area contributed by atoms with Crippen molar-refractivity contribution >= 4 is 17.6 Å². The van der Waals surface area contributed by atoms with Crippen LogP contribution >= 0.6 is 0 Å². The van der Waals surface area contributed by atoms with E-state index in [1.807, 2.05) is 30.3 Å². The number of carbonyl (C=O) groups is 2. The van der Waals surface area contributed by atoms with Crippen molar-refractivity contribution in [3.8, 4) is 0 Å². The number of anilines is 1. The van der Waals surface area contributed by atoms with E-state index < -0.39 is 5.97 Å². The van der Waals surface area contributed by atoms with Gasteiger partial charge in [-0.3, -0.25) is 4.79 Å². The third-order valence-electron chi connectivity index (χ3n) is 3.14. The molecule has 0 atom stereocenters. The predicted molar refractivity (Wildman–Crippen MR) is 81.4 cm³/mol. The summed E-state index contributed by atoms with van der Waals surface area (Å²) in [5.41, 5.74) is 1.64. The Balaban J connectivity index is 1.86. The molecule has 0 saturated carbocycles. The highest BCUT2D eigenvalue weighted by Crippen LogP contribution is 2.15. The molecule has 0 bridgehead atoms. The second kappa shape index (κ2) is 7.24. The predicted octanol–water partition coefficient (Wildman–Crippen LogP) is 3.35. The van der Waals surface area contributed by atoms with Gasteiger partial charge in [0.25, 0.3) is 0 Å². The van der Waals surface area contributed by atoms with Gasteiger partial charge in [-0.15, -0.1) is 0 Å². The van der Waals surface area contributed by atoms with Crippen molar-refractivity contribution in [3.05, 3.63) is 65.7 Å². The van der Waals surface area contributed by atoms with E-state index in [-0.39, 0.29) is 11.5 Å². The first kappa shape index (κ1) is 14.8. The highest BCUT2D eigenvalue weighted by molar-refractivity contribution is 6.00. The number of carbonyl (C=O) groups excluding carboxylic acids is 1. The van der Waals surface area contributed by atoms with Gasteiger partial charge in [0.15, 0.2) is 0 Å². The summed E-state index contributed by atoms with van der Waals surface area (Å²) in [6.07, 6.45) is 1.92. The summed E-state index contributed by atoms with van der Waals surface area (Å²) < 4.78 is 0. The van der Waals surface area contributed by atoms with Crippen LogP contribution < -0.4 is 5.32 Å². The molecule has 0 saturated heterocycles. The third-order valence-corrected chi connectivity index (χ3v) is 3.14. The fourth-order valence-corrected chi connectivity index (χ4v) is 2.09. The molecule has 0 aliphatic rings. The molecule has 4 nitrogen and oxygen atoms in total. The molecule has 2 N–H and O–H groups in total. The summed E-state index contributed by atoms with van der Waals surface area (Å²) in [6, 6.07) is 16.4. The summed E-state index contributed by atoms with van der Waals surface area (Å²) in [5, 5.41) is 11.7. The zero-order valence-corrected chi connectivity index (χ0v) is 11.6. The third kappa shape index (κ3) is 4.45. The molecule has 0 aromatic heterocycles. The van der Waals surface area contributed by atoms with Crippen LogP contribution in [0.1, 0.15) is 28.8 Å². The number of rotatable bonds is 6. The maximum atomic E-state index is 11.9. The van der Waals surface area contributed by atoms with Gasteiger partial charge in [0, 0.05) is 6.42 Å². The first-order valence-corrected chi connectivity index (χ1v) is 6.83. The Kier molecular flexibility index (Phi) is 5.10. The zero-order valence-electron chi connectivity index (χ0n) is 11.6. The van der Waals surface area contributed by atoms with E-state index in [0.29, 0.717) is 12.1 Å². The number of hydrogen-bond donors (Lipinski definition) is 2. The topological polar surface area (TPSA) is 66.4 Å². The van der Waals surface area contributed by atoms with E-state index in [1.54, 1.807) is 18.2 Å². The van der Waals surface area contributed by atoms with E-state index in [1.165, 1.54) is 11.6 Å². The van der Waals surface area contributed by atoms with Gasteiger partial charge in [-0.05, 0) is 30.5 Å². The molecular weight excluding hydrogens is 266 g/mol.